The Kier molecular flexibility index (Phi) is 5.32. The van der Waals surface area contributed by atoms with Gasteiger partial charge in [-0.1, -0.05) is 12.1 Å². The van der Waals surface area contributed by atoms with Crippen LogP contribution in [0.5, 0.6) is 5.75 Å². The van der Waals surface area contributed by atoms with E-state index in [1.807, 2.05) is 44.1 Å². The average Bonchev–Trinajstić information content (AvgIpc) is 2.34. The SMILES string of the molecule is CNC(C(=O)O)C(c1ccc(OC)c(C)c1)N(C)C. The summed E-state index contributed by atoms with van der Waals surface area (Å²) >= 11 is 0. The zero-order chi connectivity index (χ0) is 14.6. The fourth-order valence-corrected chi connectivity index (χ4v) is 2.29. The van der Waals surface area contributed by atoms with Crippen LogP contribution in [0.4, 0.5) is 0 Å². The van der Waals surface area contributed by atoms with Crippen molar-refractivity contribution in [2.24, 2.45) is 0 Å². The molecule has 0 aliphatic rings. The third kappa shape index (κ3) is 3.45. The first-order chi connectivity index (χ1) is 8.92. The highest BCUT2D eigenvalue weighted by molar-refractivity contribution is 5.75. The molecule has 19 heavy (non-hydrogen) atoms. The lowest BCUT2D eigenvalue weighted by molar-refractivity contribution is -0.141. The lowest BCUT2D eigenvalue weighted by Crippen LogP contribution is -2.45. The van der Waals surface area contributed by atoms with Gasteiger partial charge < -0.3 is 20.1 Å². The van der Waals surface area contributed by atoms with Gasteiger partial charge in [-0.15, -0.1) is 0 Å². The molecular formula is C14H22N2O3. The van der Waals surface area contributed by atoms with Crippen LogP contribution >= 0.6 is 0 Å². The number of carboxylic acids is 1. The number of carbonyl (C=O) groups is 1. The number of aliphatic carboxylic acids is 1. The van der Waals surface area contributed by atoms with E-state index in [-0.39, 0.29) is 6.04 Å². The molecule has 0 saturated carbocycles. The average molecular weight is 266 g/mol. The Balaban J connectivity index is 3.19. The number of aryl methyl sites for hydroxylation is 1. The third-order valence-electron chi connectivity index (χ3n) is 3.21. The van der Waals surface area contributed by atoms with Gasteiger partial charge in [0.25, 0.3) is 0 Å². The molecule has 0 radical (unpaired) electrons. The molecule has 1 aromatic carbocycles. The van der Waals surface area contributed by atoms with E-state index in [0.717, 1.165) is 16.9 Å². The molecule has 2 atom stereocenters. The molecule has 1 rings (SSSR count). The van der Waals surface area contributed by atoms with Crippen LogP contribution < -0.4 is 10.1 Å². The fourth-order valence-electron chi connectivity index (χ4n) is 2.29. The maximum Gasteiger partial charge on any atom is 0.322 e. The Morgan fingerprint density at radius 1 is 1.42 bits per heavy atom. The molecule has 0 aliphatic carbocycles. The molecule has 0 aromatic heterocycles. The largest absolute Gasteiger partial charge is 0.496 e. The highest BCUT2D eigenvalue weighted by atomic mass is 16.5. The summed E-state index contributed by atoms with van der Waals surface area (Å²) in [5.41, 5.74) is 1.94. The molecule has 0 spiro atoms. The molecule has 0 amide bonds. The van der Waals surface area contributed by atoms with E-state index in [0.29, 0.717) is 0 Å². The summed E-state index contributed by atoms with van der Waals surface area (Å²) in [7, 11) is 7.03. The van der Waals surface area contributed by atoms with Crippen molar-refractivity contribution in [2.45, 2.75) is 19.0 Å². The van der Waals surface area contributed by atoms with Crippen molar-refractivity contribution in [3.05, 3.63) is 29.3 Å². The molecule has 0 aliphatic heterocycles. The number of ether oxygens (including phenoxy) is 1. The first-order valence-electron chi connectivity index (χ1n) is 6.13. The van der Waals surface area contributed by atoms with Gasteiger partial charge in [-0.05, 0) is 45.3 Å². The van der Waals surface area contributed by atoms with Crippen molar-refractivity contribution in [1.82, 2.24) is 10.2 Å². The standard InChI is InChI=1S/C14H22N2O3/c1-9-8-10(6-7-11(9)19-5)13(16(3)4)12(15-2)14(17)18/h6-8,12-13,15H,1-5H3,(H,17,18). The number of nitrogens with zero attached hydrogens (tertiary/aromatic N) is 1. The van der Waals surface area contributed by atoms with Crippen LogP contribution in [0.3, 0.4) is 0 Å². The smallest absolute Gasteiger partial charge is 0.322 e. The van der Waals surface area contributed by atoms with Crippen molar-refractivity contribution >= 4 is 5.97 Å². The molecule has 106 valence electrons. The second-order valence-electron chi connectivity index (χ2n) is 4.74. The van der Waals surface area contributed by atoms with Gasteiger partial charge in [-0.2, -0.15) is 0 Å². The van der Waals surface area contributed by atoms with Crippen molar-refractivity contribution in [1.29, 1.82) is 0 Å². The van der Waals surface area contributed by atoms with Crippen molar-refractivity contribution < 1.29 is 14.6 Å². The first-order valence-corrected chi connectivity index (χ1v) is 6.13. The van der Waals surface area contributed by atoms with Crippen molar-refractivity contribution in [3.63, 3.8) is 0 Å². The van der Waals surface area contributed by atoms with Gasteiger partial charge in [0.15, 0.2) is 0 Å². The number of hydrogen-bond donors (Lipinski definition) is 2. The second-order valence-corrected chi connectivity index (χ2v) is 4.74. The summed E-state index contributed by atoms with van der Waals surface area (Å²) in [6.45, 7) is 1.95. The van der Waals surface area contributed by atoms with E-state index in [9.17, 15) is 9.90 Å². The quantitative estimate of drug-likeness (QED) is 0.812. The van der Waals surface area contributed by atoms with Gasteiger partial charge in [-0.3, -0.25) is 4.79 Å². The van der Waals surface area contributed by atoms with Gasteiger partial charge in [-0.25, -0.2) is 0 Å². The number of methoxy groups -OCH3 is 1. The highest BCUT2D eigenvalue weighted by Crippen LogP contribution is 2.27. The van der Waals surface area contributed by atoms with Crippen LogP contribution in [0.2, 0.25) is 0 Å². The maximum absolute atomic E-state index is 11.3. The predicted molar refractivity (Wildman–Crippen MR) is 74.6 cm³/mol. The minimum Gasteiger partial charge on any atom is -0.496 e. The van der Waals surface area contributed by atoms with Gasteiger partial charge in [0.2, 0.25) is 0 Å². The molecule has 5 nitrogen and oxygen atoms in total. The topological polar surface area (TPSA) is 61.8 Å². The summed E-state index contributed by atoms with van der Waals surface area (Å²) in [6.07, 6.45) is 0. The van der Waals surface area contributed by atoms with Gasteiger partial charge in [0, 0.05) is 0 Å². The molecule has 0 fully saturated rings. The van der Waals surface area contributed by atoms with E-state index in [1.54, 1.807) is 14.2 Å². The lowest BCUT2D eigenvalue weighted by Gasteiger charge is -2.30. The van der Waals surface area contributed by atoms with Gasteiger partial charge in [0.05, 0.1) is 13.2 Å². The van der Waals surface area contributed by atoms with Crippen LogP contribution in [-0.2, 0) is 4.79 Å². The minimum atomic E-state index is -0.866. The lowest BCUT2D eigenvalue weighted by atomic mass is 9.96. The molecule has 0 bridgehead atoms. The zero-order valence-electron chi connectivity index (χ0n) is 12.1. The van der Waals surface area contributed by atoms with Crippen LogP contribution in [0, 0.1) is 6.92 Å². The number of nitrogens with one attached hydrogen (secondary N) is 1. The number of carboxylic acid groups (broad SMARTS) is 1. The maximum atomic E-state index is 11.3. The summed E-state index contributed by atoms with van der Waals surface area (Å²) < 4.78 is 5.23. The molecule has 1 aromatic rings. The van der Waals surface area contributed by atoms with E-state index < -0.39 is 12.0 Å². The third-order valence-corrected chi connectivity index (χ3v) is 3.21. The van der Waals surface area contributed by atoms with Gasteiger partial charge in [0.1, 0.15) is 11.8 Å². The monoisotopic (exact) mass is 266 g/mol. The Morgan fingerprint density at radius 2 is 2.05 bits per heavy atom. The van der Waals surface area contributed by atoms with Crippen LogP contribution in [0.1, 0.15) is 17.2 Å². The Morgan fingerprint density at radius 3 is 2.42 bits per heavy atom. The molecular weight excluding hydrogens is 244 g/mol. The first kappa shape index (κ1) is 15.5. The number of likely N-dealkylation sites (N-methyl/N-ethyl adjacent to an activating group) is 2. The molecule has 0 heterocycles. The normalized spacial score (nSPS) is 14.2. The van der Waals surface area contributed by atoms with Gasteiger partial charge >= 0.3 is 5.97 Å². The Labute approximate surface area is 114 Å². The molecule has 2 unspecified atom stereocenters. The summed E-state index contributed by atoms with van der Waals surface area (Å²) in [5, 5.41) is 12.2. The van der Waals surface area contributed by atoms with Crippen molar-refractivity contribution in [3.8, 4) is 5.75 Å². The predicted octanol–water partition coefficient (Wildman–Crippen LogP) is 1.28. The summed E-state index contributed by atoms with van der Waals surface area (Å²) in [6, 6.07) is 4.84. The van der Waals surface area contributed by atoms with Crippen molar-refractivity contribution in [2.75, 3.05) is 28.3 Å². The highest BCUT2D eigenvalue weighted by Gasteiger charge is 2.30. The van der Waals surface area contributed by atoms with E-state index >= 15 is 0 Å². The van der Waals surface area contributed by atoms with E-state index in [4.69, 9.17) is 4.74 Å². The van der Waals surface area contributed by atoms with Crippen LogP contribution in [0.25, 0.3) is 0 Å². The number of benzene rings is 1. The van der Waals surface area contributed by atoms with Crippen LogP contribution in [0.15, 0.2) is 18.2 Å². The zero-order valence-corrected chi connectivity index (χ0v) is 12.1. The Bertz CT molecular complexity index is 446. The van der Waals surface area contributed by atoms with E-state index in [1.165, 1.54) is 0 Å². The van der Waals surface area contributed by atoms with E-state index in [2.05, 4.69) is 5.32 Å². The fraction of sp³-hybridized carbons (Fsp3) is 0.500. The molecule has 0 saturated heterocycles. The second kappa shape index (κ2) is 6.54. The minimum absolute atomic E-state index is 0.243. The number of hydrogen-bond acceptors (Lipinski definition) is 4. The molecule has 2 N–H and O–H groups in total. The summed E-state index contributed by atoms with van der Waals surface area (Å²) in [4.78, 5) is 13.2. The number of rotatable bonds is 6. The Hall–Kier alpha value is -1.59. The van der Waals surface area contributed by atoms with Crippen LogP contribution in [-0.4, -0.2) is 50.3 Å². The summed E-state index contributed by atoms with van der Waals surface area (Å²) in [5.74, 6) is -0.0627. The molecule has 5 heteroatoms.